The highest BCUT2D eigenvalue weighted by atomic mass is 35.5. The Morgan fingerprint density at radius 2 is 2.25 bits per heavy atom. The van der Waals surface area contributed by atoms with Crippen molar-refractivity contribution in [3.05, 3.63) is 36.0 Å². The molecule has 0 N–H and O–H groups in total. The number of rotatable bonds is 2. The predicted octanol–water partition coefficient (Wildman–Crippen LogP) is 3.38. The van der Waals surface area contributed by atoms with Crippen LogP contribution in [0.25, 0.3) is 10.9 Å². The first-order chi connectivity index (χ1) is 7.76. The Balaban J connectivity index is 2.49. The van der Waals surface area contributed by atoms with Crippen LogP contribution in [0.2, 0.25) is 0 Å². The van der Waals surface area contributed by atoms with Crippen molar-refractivity contribution < 1.29 is 9.53 Å². The average Bonchev–Trinajstić information content (AvgIpc) is 2.71. The zero-order valence-corrected chi connectivity index (χ0v) is 9.70. The maximum Gasteiger partial charge on any atom is 0.418 e. The number of hydrogen-bond acceptors (Lipinski definition) is 2. The fourth-order valence-corrected chi connectivity index (χ4v) is 1.78. The zero-order chi connectivity index (χ0) is 11.5. The van der Waals surface area contributed by atoms with Gasteiger partial charge < -0.3 is 4.74 Å². The molecule has 0 aliphatic heterocycles. The number of alkyl halides is 1. The van der Waals surface area contributed by atoms with Crippen molar-refractivity contribution in [2.24, 2.45) is 0 Å². The number of aromatic nitrogens is 1. The van der Waals surface area contributed by atoms with Gasteiger partial charge >= 0.3 is 6.09 Å². The van der Waals surface area contributed by atoms with Crippen molar-refractivity contribution in [3.8, 4) is 0 Å². The molecule has 2 rings (SSSR count). The number of carbonyl (C=O) groups is 1. The molecule has 0 aliphatic carbocycles. The van der Waals surface area contributed by atoms with Crippen LogP contribution in [0.1, 0.15) is 12.5 Å². The second kappa shape index (κ2) is 4.58. The van der Waals surface area contributed by atoms with E-state index in [1.54, 1.807) is 13.1 Å². The van der Waals surface area contributed by atoms with Gasteiger partial charge in [0.25, 0.3) is 0 Å². The standard InChI is InChI=1S/C12H12ClNO2/c1-2-16-12(15)14-6-5-10-4-3-9(8-13)7-11(10)14/h3-7H,2,8H2,1H3. The Bertz CT molecular complexity index is 519. The fourth-order valence-electron chi connectivity index (χ4n) is 1.61. The van der Waals surface area contributed by atoms with Crippen molar-refractivity contribution in [1.29, 1.82) is 0 Å². The van der Waals surface area contributed by atoms with Gasteiger partial charge in [0, 0.05) is 17.5 Å². The van der Waals surface area contributed by atoms with Gasteiger partial charge in [0.15, 0.2) is 0 Å². The van der Waals surface area contributed by atoms with Crippen molar-refractivity contribution in [2.75, 3.05) is 6.61 Å². The summed E-state index contributed by atoms with van der Waals surface area (Å²) in [6.07, 6.45) is 1.35. The third-order valence-corrected chi connectivity index (χ3v) is 2.68. The fraction of sp³-hybridized carbons (Fsp3) is 0.250. The van der Waals surface area contributed by atoms with Crippen LogP contribution in [-0.2, 0) is 10.6 Å². The highest BCUT2D eigenvalue weighted by Gasteiger charge is 2.09. The minimum atomic E-state index is -0.357. The number of benzene rings is 1. The van der Waals surface area contributed by atoms with Crippen LogP contribution in [0.15, 0.2) is 30.5 Å². The van der Waals surface area contributed by atoms with Crippen LogP contribution in [0, 0.1) is 0 Å². The van der Waals surface area contributed by atoms with Gasteiger partial charge in [-0.15, -0.1) is 11.6 Å². The molecule has 4 heteroatoms. The molecule has 0 atom stereocenters. The summed E-state index contributed by atoms with van der Waals surface area (Å²) in [6.45, 7) is 2.15. The van der Waals surface area contributed by atoms with Crippen LogP contribution in [0.4, 0.5) is 4.79 Å². The normalized spacial score (nSPS) is 10.6. The lowest BCUT2D eigenvalue weighted by Gasteiger charge is -2.04. The molecule has 1 aromatic carbocycles. The van der Waals surface area contributed by atoms with E-state index in [2.05, 4.69) is 0 Å². The molecule has 1 heterocycles. The topological polar surface area (TPSA) is 31.2 Å². The number of carbonyl (C=O) groups excluding carboxylic acids is 1. The van der Waals surface area contributed by atoms with Gasteiger partial charge in [0.05, 0.1) is 12.1 Å². The van der Waals surface area contributed by atoms with Gasteiger partial charge in [-0.25, -0.2) is 4.79 Å². The van der Waals surface area contributed by atoms with Crippen molar-refractivity contribution in [3.63, 3.8) is 0 Å². The first kappa shape index (κ1) is 11.0. The number of halogens is 1. The molecule has 0 saturated carbocycles. The molecule has 0 radical (unpaired) electrons. The van der Waals surface area contributed by atoms with E-state index in [-0.39, 0.29) is 6.09 Å². The maximum absolute atomic E-state index is 11.6. The van der Waals surface area contributed by atoms with E-state index >= 15 is 0 Å². The lowest BCUT2D eigenvalue weighted by atomic mass is 10.2. The molecule has 3 nitrogen and oxygen atoms in total. The highest BCUT2D eigenvalue weighted by molar-refractivity contribution is 6.17. The molecule has 84 valence electrons. The quantitative estimate of drug-likeness (QED) is 0.750. The highest BCUT2D eigenvalue weighted by Crippen LogP contribution is 2.19. The SMILES string of the molecule is CCOC(=O)n1ccc2ccc(CCl)cc21. The average molecular weight is 238 g/mol. The molecule has 0 aliphatic rings. The Labute approximate surface area is 98.6 Å². The van der Waals surface area contributed by atoms with E-state index in [1.807, 2.05) is 24.3 Å². The minimum Gasteiger partial charge on any atom is -0.449 e. The van der Waals surface area contributed by atoms with Gasteiger partial charge in [-0.3, -0.25) is 4.57 Å². The summed E-state index contributed by atoms with van der Waals surface area (Å²) in [6, 6.07) is 7.68. The summed E-state index contributed by atoms with van der Waals surface area (Å²) in [5.74, 6) is 0.434. The summed E-state index contributed by atoms with van der Waals surface area (Å²) in [5.41, 5.74) is 1.81. The van der Waals surface area contributed by atoms with E-state index in [0.29, 0.717) is 12.5 Å². The molecule has 0 bridgehead atoms. The number of ether oxygens (including phenoxy) is 1. The summed E-state index contributed by atoms with van der Waals surface area (Å²) in [5, 5.41) is 1.00. The van der Waals surface area contributed by atoms with Crippen LogP contribution in [0.5, 0.6) is 0 Å². The second-order valence-corrected chi connectivity index (χ2v) is 3.68. The Kier molecular flexibility index (Phi) is 3.15. The van der Waals surface area contributed by atoms with E-state index in [4.69, 9.17) is 16.3 Å². The van der Waals surface area contributed by atoms with E-state index < -0.39 is 0 Å². The molecule has 0 amide bonds. The molecule has 2 aromatic rings. The van der Waals surface area contributed by atoms with E-state index in [0.717, 1.165) is 16.5 Å². The third-order valence-electron chi connectivity index (χ3n) is 2.38. The predicted molar refractivity (Wildman–Crippen MR) is 63.9 cm³/mol. The van der Waals surface area contributed by atoms with Crippen molar-refractivity contribution in [1.82, 2.24) is 4.57 Å². The van der Waals surface area contributed by atoms with Gasteiger partial charge in [0.1, 0.15) is 0 Å². The number of fused-ring (bicyclic) bond motifs is 1. The minimum absolute atomic E-state index is 0.357. The molecule has 1 aromatic heterocycles. The van der Waals surface area contributed by atoms with E-state index in [9.17, 15) is 4.79 Å². The molecular formula is C12H12ClNO2. The second-order valence-electron chi connectivity index (χ2n) is 3.41. The van der Waals surface area contributed by atoms with E-state index in [1.165, 1.54) is 4.57 Å². The van der Waals surface area contributed by atoms with Crippen LogP contribution >= 0.6 is 11.6 Å². The van der Waals surface area contributed by atoms with Crippen molar-refractivity contribution >= 4 is 28.6 Å². The lowest BCUT2D eigenvalue weighted by molar-refractivity contribution is 0.155. The largest absolute Gasteiger partial charge is 0.449 e. The van der Waals surface area contributed by atoms with Crippen molar-refractivity contribution in [2.45, 2.75) is 12.8 Å². The Morgan fingerprint density at radius 1 is 1.44 bits per heavy atom. The summed E-state index contributed by atoms with van der Waals surface area (Å²) in [7, 11) is 0. The van der Waals surface area contributed by atoms with Gasteiger partial charge in [-0.05, 0) is 24.6 Å². The molecule has 0 saturated heterocycles. The monoisotopic (exact) mass is 237 g/mol. The molecular weight excluding hydrogens is 226 g/mol. The summed E-state index contributed by atoms with van der Waals surface area (Å²) < 4.78 is 6.45. The maximum atomic E-state index is 11.6. The van der Waals surface area contributed by atoms with Crippen LogP contribution in [0.3, 0.4) is 0 Å². The zero-order valence-electron chi connectivity index (χ0n) is 8.94. The van der Waals surface area contributed by atoms with Gasteiger partial charge in [-0.1, -0.05) is 12.1 Å². The molecule has 0 spiro atoms. The first-order valence-corrected chi connectivity index (χ1v) is 5.62. The number of nitrogens with zero attached hydrogens (tertiary/aromatic N) is 1. The van der Waals surface area contributed by atoms with Gasteiger partial charge in [-0.2, -0.15) is 0 Å². The Hall–Kier alpha value is -1.48. The van der Waals surface area contributed by atoms with Crippen LogP contribution in [-0.4, -0.2) is 17.3 Å². The Morgan fingerprint density at radius 3 is 2.94 bits per heavy atom. The molecule has 16 heavy (non-hydrogen) atoms. The lowest BCUT2D eigenvalue weighted by Crippen LogP contribution is -2.12. The first-order valence-electron chi connectivity index (χ1n) is 5.09. The summed E-state index contributed by atoms with van der Waals surface area (Å²) in [4.78, 5) is 11.6. The molecule has 0 unspecified atom stereocenters. The smallest absolute Gasteiger partial charge is 0.418 e. The van der Waals surface area contributed by atoms with Crippen LogP contribution < -0.4 is 0 Å². The number of hydrogen-bond donors (Lipinski definition) is 0. The third kappa shape index (κ3) is 1.91. The molecule has 0 fully saturated rings. The summed E-state index contributed by atoms with van der Waals surface area (Å²) >= 11 is 5.76. The van der Waals surface area contributed by atoms with Gasteiger partial charge in [0.2, 0.25) is 0 Å².